The van der Waals surface area contributed by atoms with Crippen LogP contribution in [0.25, 0.3) is 11.4 Å². The molecule has 1 aromatic heterocycles. The molecule has 0 aliphatic heterocycles. The molecule has 0 aliphatic rings. The number of aryl methyl sites for hydroxylation is 1. The van der Waals surface area contributed by atoms with Gasteiger partial charge >= 0.3 is 0 Å². The van der Waals surface area contributed by atoms with Crippen LogP contribution in [0.2, 0.25) is 5.15 Å². The molecular weight excluding hydrogens is 312 g/mol. The largest absolute Gasteiger partial charge is 0.233 e. The van der Waals surface area contributed by atoms with E-state index in [9.17, 15) is 0 Å². The molecule has 0 radical (unpaired) electrons. The number of hydrogen-bond acceptors (Lipinski definition) is 2. The molecule has 1 heterocycles. The monoisotopic (exact) mass is 324 g/mol. The van der Waals surface area contributed by atoms with Gasteiger partial charge in [-0.2, -0.15) is 0 Å². The molecular formula is C14H14BrClN2. The second-order valence-corrected chi connectivity index (χ2v) is 5.80. The lowest BCUT2D eigenvalue weighted by Crippen LogP contribution is -1.98. The summed E-state index contributed by atoms with van der Waals surface area (Å²) in [6.07, 6.45) is 0. The van der Waals surface area contributed by atoms with Gasteiger partial charge in [0.2, 0.25) is 0 Å². The van der Waals surface area contributed by atoms with E-state index in [1.54, 1.807) is 0 Å². The minimum atomic E-state index is 0.334. The van der Waals surface area contributed by atoms with Crippen LogP contribution in [0.1, 0.15) is 31.0 Å². The molecule has 1 aromatic carbocycles. The van der Waals surface area contributed by atoms with Crippen molar-refractivity contribution in [2.75, 3.05) is 0 Å². The second kappa shape index (κ2) is 5.37. The third-order valence-electron chi connectivity index (χ3n) is 2.72. The molecule has 2 rings (SSSR count). The van der Waals surface area contributed by atoms with Gasteiger partial charge < -0.3 is 0 Å². The van der Waals surface area contributed by atoms with Gasteiger partial charge in [0.15, 0.2) is 5.82 Å². The molecule has 0 atom stereocenters. The Morgan fingerprint density at radius 3 is 2.50 bits per heavy atom. The topological polar surface area (TPSA) is 25.8 Å². The van der Waals surface area contributed by atoms with Crippen LogP contribution >= 0.6 is 27.5 Å². The lowest BCUT2D eigenvalue weighted by Gasteiger charge is -2.08. The van der Waals surface area contributed by atoms with Crippen LogP contribution in [-0.2, 0) is 0 Å². The number of benzene rings is 1. The van der Waals surface area contributed by atoms with Crippen LogP contribution in [0.4, 0.5) is 0 Å². The van der Waals surface area contributed by atoms with Gasteiger partial charge in [0.05, 0.1) is 0 Å². The SMILES string of the molecule is Cc1cc(-c2nc(Cl)cc(C(C)C)n2)ccc1Br. The molecule has 0 N–H and O–H groups in total. The summed E-state index contributed by atoms with van der Waals surface area (Å²) in [5.74, 6) is 1.02. The first kappa shape index (κ1) is 13.5. The minimum absolute atomic E-state index is 0.334. The summed E-state index contributed by atoms with van der Waals surface area (Å²) in [7, 11) is 0. The standard InChI is InChI=1S/C14H14BrClN2/c1-8(2)12-7-13(16)18-14(17-12)10-4-5-11(15)9(3)6-10/h4-8H,1-3H3. The fourth-order valence-electron chi connectivity index (χ4n) is 1.64. The summed E-state index contributed by atoms with van der Waals surface area (Å²) < 4.78 is 1.08. The van der Waals surface area contributed by atoms with Crippen molar-refractivity contribution < 1.29 is 0 Å². The summed E-state index contributed by atoms with van der Waals surface area (Å²) >= 11 is 9.54. The molecule has 0 bridgehead atoms. The fourth-order valence-corrected chi connectivity index (χ4v) is 2.08. The molecule has 0 spiro atoms. The Labute approximate surface area is 121 Å². The number of rotatable bonds is 2. The van der Waals surface area contributed by atoms with Crippen molar-refractivity contribution in [2.45, 2.75) is 26.7 Å². The predicted octanol–water partition coefficient (Wildman–Crippen LogP) is 4.99. The minimum Gasteiger partial charge on any atom is -0.233 e. The summed E-state index contributed by atoms with van der Waals surface area (Å²) in [6, 6.07) is 7.87. The number of nitrogens with zero attached hydrogens (tertiary/aromatic N) is 2. The van der Waals surface area contributed by atoms with Crippen molar-refractivity contribution in [3.63, 3.8) is 0 Å². The predicted molar refractivity (Wildman–Crippen MR) is 79.0 cm³/mol. The maximum absolute atomic E-state index is 6.05. The molecule has 0 unspecified atom stereocenters. The van der Waals surface area contributed by atoms with Gasteiger partial charge in [-0.25, -0.2) is 9.97 Å². The quantitative estimate of drug-likeness (QED) is 0.727. The van der Waals surface area contributed by atoms with Crippen molar-refractivity contribution in [3.8, 4) is 11.4 Å². The zero-order valence-electron chi connectivity index (χ0n) is 10.5. The first-order chi connectivity index (χ1) is 8.47. The summed E-state index contributed by atoms with van der Waals surface area (Å²) in [4.78, 5) is 8.86. The van der Waals surface area contributed by atoms with Gasteiger partial charge in [-0.3, -0.25) is 0 Å². The van der Waals surface area contributed by atoms with Crippen molar-refractivity contribution in [2.24, 2.45) is 0 Å². The zero-order chi connectivity index (χ0) is 13.3. The summed E-state index contributed by atoms with van der Waals surface area (Å²) in [6.45, 7) is 6.23. The average Bonchev–Trinajstić information content (AvgIpc) is 2.31. The fraction of sp³-hybridized carbons (Fsp3) is 0.286. The van der Waals surface area contributed by atoms with Crippen LogP contribution in [-0.4, -0.2) is 9.97 Å². The van der Waals surface area contributed by atoms with Crippen LogP contribution in [0.15, 0.2) is 28.7 Å². The van der Waals surface area contributed by atoms with Crippen LogP contribution in [0.5, 0.6) is 0 Å². The molecule has 0 fully saturated rings. The van der Waals surface area contributed by atoms with E-state index in [0.717, 1.165) is 21.3 Å². The third kappa shape index (κ3) is 2.90. The van der Waals surface area contributed by atoms with Gasteiger partial charge in [0, 0.05) is 15.7 Å². The van der Waals surface area contributed by atoms with Gasteiger partial charge in [-0.1, -0.05) is 47.4 Å². The van der Waals surface area contributed by atoms with E-state index in [1.165, 1.54) is 0 Å². The molecule has 94 valence electrons. The van der Waals surface area contributed by atoms with Crippen molar-refractivity contribution in [1.82, 2.24) is 9.97 Å². The number of halogens is 2. The highest BCUT2D eigenvalue weighted by Gasteiger charge is 2.09. The Morgan fingerprint density at radius 1 is 1.17 bits per heavy atom. The van der Waals surface area contributed by atoms with Crippen molar-refractivity contribution >= 4 is 27.5 Å². The Balaban J connectivity index is 2.53. The smallest absolute Gasteiger partial charge is 0.161 e. The van der Waals surface area contributed by atoms with E-state index >= 15 is 0 Å². The van der Waals surface area contributed by atoms with E-state index in [4.69, 9.17) is 11.6 Å². The maximum atomic E-state index is 6.05. The summed E-state index contributed by atoms with van der Waals surface area (Å²) in [5.41, 5.74) is 3.10. The maximum Gasteiger partial charge on any atom is 0.161 e. The highest BCUT2D eigenvalue weighted by molar-refractivity contribution is 9.10. The van der Waals surface area contributed by atoms with Crippen molar-refractivity contribution in [3.05, 3.63) is 45.1 Å². The molecule has 2 nitrogen and oxygen atoms in total. The van der Waals surface area contributed by atoms with E-state index in [2.05, 4.69) is 45.8 Å². The molecule has 0 aliphatic carbocycles. The first-order valence-corrected chi connectivity index (χ1v) is 6.95. The van der Waals surface area contributed by atoms with Crippen LogP contribution in [0.3, 0.4) is 0 Å². The average molecular weight is 326 g/mol. The van der Waals surface area contributed by atoms with Gasteiger partial charge in [-0.15, -0.1) is 0 Å². The number of aromatic nitrogens is 2. The zero-order valence-corrected chi connectivity index (χ0v) is 12.9. The van der Waals surface area contributed by atoms with E-state index in [0.29, 0.717) is 16.9 Å². The lowest BCUT2D eigenvalue weighted by atomic mass is 10.1. The Bertz CT molecular complexity index is 582. The molecule has 18 heavy (non-hydrogen) atoms. The molecule has 0 saturated carbocycles. The molecule has 4 heteroatoms. The van der Waals surface area contributed by atoms with Crippen LogP contribution in [0, 0.1) is 6.92 Å². The Hall–Kier alpha value is -0.930. The first-order valence-electron chi connectivity index (χ1n) is 5.78. The highest BCUT2D eigenvalue weighted by atomic mass is 79.9. The third-order valence-corrected chi connectivity index (χ3v) is 3.81. The van der Waals surface area contributed by atoms with Gasteiger partial charge in [0.25, 0.3) is 0 Å². The van der Waals surface area contributed by atoms with E-state index in [1.807, 2.05) is 25.1 Å². The molecule has 0 saturated heterocycles. The number of hydrogen-bond donors (Lipinski definition) is 0. The Morgan fingerprint density at radius 2 is 1.89 bits per heavy atom. The van der Waals surface area contributed by atoms with Gasteiger partial charge in [0.1, 0.15) is 5.15 Å². The molecule has 2 aromatic rings. The van der Waals surface area contributed by atoms with E-state index < -0.39 is 0 Å². The Kier molecular flexibility index (Phi) is 4.03. The molecule has 0 amide bonds. The van der Waals surface area contributed by atoms with Crippen molar-refractivity contribution in [1.29, 1.82) is 0 Å². The second-order valence-electron chi connectivity index (χ2n) is 4.56. The lowest BCUT2D eigenvalue weighted by molar-refractivity contribution is 0.817. The van der Waals surface area contributed by atoms with Crippen LogP contribution < -0.4 is 0 Å². The summed E-state index contributed by atoms with van der Waals surface area (Å²) in [5, 5.41) is 0.490. The van der Waals surface area contributed by atoms with E-state index in [-0.39, 0.29) is 0 Å². The normalized spacial score (nSPS) is 11.0. The highest BCUT2D eigenvalue weighted by Crippen LogP contribution is 2.25. The van der Waals surface area contributed by atoms with Gasteiger partial charge in [-0.05, 0) is 36.6 Å².